The van der Waals surface area contributed by atoms with Gasteiger partial charge in [-0.15, -0.1) is 0 Å². The van der Waals surface area contributed by atoms with Gasteiger partial charge in [0.2, 0.25) is 10.0 Å². The van der Waals surface area contributed by atoms with E-state index in [-0.39, 0.29) is 34.9 Å². The molecular weight excluding hydrogens is 585 g/mol. The van der Waals surface area contributed by atoms with Crippen LogP contribution in [0.5, 0.6) is 0 Å². The van der Waals surface area contributed by atoms with Gasteiger partial charge in [0, 0.05) is 6.54 Å². The van der Waals surface area contributed by atoms with Crippen molar-refractivity contribution in [2.24, 2.45) is 0 Å². The molecule has 0 radical (unpaired) electrons. The van der Waals surface area contributed by atoms with Gasteiger partial charge in [-0.1, -0.05) is 63.9 Å². The minimum atomic E-state index is -4.13. The summed E-state index contributed by atoms with van der Waals surface area (Å²) < 4.78 is 47.9. The lowest BCUT2D eigenvalue weighted by Gasteiger charge is -2.27. The number of hydrogen-bond acceptors (Lipinski definition) is 6. The number of nitrogens with zero attached hydrogens (tertiary/aromatic N) is 3. The molecule has 0 bridgehead atoms. The van der Waals surface area contributed by atoms with Gasteiger partial charge >= 0.3 is 12.1 Å². The van der Waals surface area contributed by atoms with Crippen LogP contribution < -0.4 is 4.90 Å². The average Bonchev–Trinajstić information content (AvgIpc) is 2.94. The van der Waals surface area contributed by atoms with Crippen molar-refractivity contribution in [3.63, 3.8) is 0 Å². The van der Waals surface area contributed by atoms with Gasteiger partial charge < -0.3 is 9.84 Å². The number of halogens is 1. The Hall–Kier alpha value is -3.83. The van der Waals surface area contributed by atoms with E-state index in [2.05, 4.69) is 25.8 Å². The highest BCUT2D eigenvalue weighted by Crippen LogP contribution is 2.30. The van der Waals surface area contributed by atoms with Crippen LogP contribution >= 0.6 is 0 Å². The number of hydrogen-bond donors (Lipinski definition) is 1. The van der Waals surface area contributed by atoms with Gasteiger partial charge in [0.05, 0.1) is 17.1 Å². The van der Waals surface area contributed by atoms with E-state index in [4.69, 9.17) is 4.74 Å². The molecule has 3 aromatic rings. The Morgan fingerprint density at radius 1 is 0.932 bits per heavy atom. The topological polar surface area (TPSA) is 117 Å². The third-order valence-corrected chi connectivity index (χ3v) is 8.82. The van der Waals surface area contributed by atoms with Crippen LogP contribution in [0.1, 0.15) is 77.6 Å². The fraction of sp³-hybridized carbons (Fsp3) is 0.424. The molecule has 0 atom stereocenters. The summed E-state index contributed by atoms with van der Waals surface area (Å²) in [6, 6.07) is 17.0. The Morgan fingerprint density at radius 2 is 1.57 bits per heavy atom. The molecule has 1 heterocycles. The molecule has 0 fully saturated rings. The molecule has 1 amide bonds. The molecule has 1 N–H and O–H groups in total. The normalized spacial score (nSPS) is 12.3. The summed E-state index contributed by atoms with van der Waals surface area (Å²) in [6.45, 7) is 10.6. The first-order valence-electron chi connectivity index (χ1n) is 14.6. The molecule has 9 nitrogen and oxygen atoms in total. The Kier molecular flexibility index (Phi) is 11.3. The Morgan fingerprint density at radius 3 is 2.14 bits per heavy atom. The van der Waals surface area contributed by atoms with Crippen LogP contribution in [0, 0.1) is 5.82 Å². The van der Waals surface area contributed by atoms with Crippen LogP contribution in [0.4, 0.5) is 15.0 Å². The van der Waals surface area contributed by atoms with Crippen LogP contribution in [-0.4, -0.2) is 47.0 Å². The first kappa shape index (κ1) is 34.7. The van der Waals surface area contributed by atoms with Crippen molar-refractivity contribution in [1.82, 2.24) is 9.29 Å². The molecule has 0 unspecified atom stereocenters. The van der Waals surface area contributed by atoms with Crippen molar-refractivity contribution < 1.29 is 32.2 Å². The van der Waals surface area contributed by atoms with Crippen molar-refractivity contribution in [1.29, 1.82) is 0 Å². The number of carbonyl (C=O) groups is 2. The maximum Gasteiger partial charge on any atom is 0.416 e. The van der Waals surface area contributed by atoms with E-state index < -0.39 is 40.0 Å². The predicted octanol–water partition coefficient (Wildman–Crippen LogP) is 6.91. The van der Waals surface area contributed by atoms with E-state index >= 15 is 0 Å². The van der Waals surface area contributed by atoms with Crippen molar-refractivity contribution in [2.75, 3.05) is 11.4 Å². The molecule has 0 aliphatic heterocycles. The minimum Gasteiger partial charge on any atom is -0.480 e. The first-order valence-corrected chi connectivity index (χ1v) is 16.0. The molecule has 2 aromatic carbocycles. The molecule has 1 aromatic heterocycles. The maximum absolute atomic E-state index is 13.8. The number of sulfonamides is 1. The quantitative estimate of drug-likeness (QED) is 0.219. The number of unbranched alkanes of at least 4 members (excludes halogenated alkanes) is 1. The van der Waals surface area contributed by atoms with Gasteiger partial charge in [-0.3, -0.25) is 9.69 Å². The third-order valence-electron chi connectivity index (χ3n) is 7.02. The van der Waals surface area contributed by atoms with Crippen LogP contribution in [0.2, 0.25) is 0 Å². The summed E-state index contributed by atoms with van der Waals surface area (Å²) in [5.74, 6) is -1.84. The second-order valence-electron chi connectivity index (χ2n) is 12.4. The Balaban J connectivity index is 1.98. The number of carbonyl (C=O) groups excluding carboxylic acids is 1. The van der Waals surface area contributed by atoms with Gasteiger partial charge in [-0.2, -0.15) is 4.31 Å². The lowest BCUT2D eigenvalue weighted by molar-refractivity contribution is -0.135. The summed E-state index contributed by atoms with van der Waals surface area (Å²) in [7, 11) is -4.13. The highest BCUT2D eigenvalue weighted by Gasteiger charge is 2.29. The first-order chi connectivity index (χ1) is 20.5. The number of carboxylic acid groups (broad SMARTS) is 1. The summed E-state index contributed by atoms with van der Waals surface area (Å²) in [5, 5.41) is 9.44. The molecule has 44 heavy (non-hydrogen) atoms. The third kappa shape index (κ3) is 9.59. The highest BCUT2D eigenvalue weighted by atomic mass is 32.2. The van der Waals surface area contributed by atoms with Gasteiger partial charge in [0.25, 0.3) is 0 Å². The fourth-order valence-corrected chi connectivity index (χ4v) is 5.99. The summed E-state index contributed by atoms with van der Waals surface area (Å²) in [4.78, 5) is 29.7. The number of anilines is 1. The number of amides is 1. The summed E-state index contributed by atoms with van der Waals surface area (Å²) in [6.07, 6.45) is 2.32. The average molecular weight is 628 g/mol. The Labute approximate surface area is 259 Å². The molecule has 0 saturated heterocycles. The van der Waals surface area contributed by atoms with Gasteiger partial charge in [0.15, 0.2) is 0 Å². The SMILES string of the molecule is CCCCC(C)(C)c1ccc(CN(Cc2cccc(N(CC(=O)O)C(=O)OC(C)(C)C)n2)S(=O)(=O)c2ccc(F)cc2)cc1. The highest BCUT2D eigenvalue weighted by molar-refractivity contribution is 7.89. The number of ether oxygens (including phenoxy) is 1. The molecule has 238 valence electrons. The molecule has 11 heteroatoms. The zero-order chi connectivity index (χ0) is 32.7. The van der Waals surface area contributed by atoms with Crippen molar-refractivity contribution in [2.45, 2.75) is 89.8 Å². The number of aromatic nitrogens is 1. The predicted molar refractivity (Wildman–Crippen MR) is 167 cm³/mol. The second-order valence-corrected chi connectivity index (χ2v) is 14.3. The van der Waals surface area contributed by atoms with E-state index in [1.807, 2.05) is 24.3 Å². The lowest BCUT2D eigenvalue weighted by atomic mass is 9.80. The van der Waals surface area contributed by atoms with Gasteiger partial charge in [0.1, 0.15) is 23.8 Å². The number of aliphatic carboxylic acids is 1. The standard InChI is InChI=1S/C33H42FN3O6S/c1-7-8-20-33(5,6)25-14-12-24(13-15-25)21-36(44(41,42)28-18-16-26(34)17-19-28)22-27-10-9-11-29(35-27)37(23-30(38)39)31(40)43-32(2,3)4/h9-19H,7-8,20-23H2,1-6H3,(H,38,39). The van der Waals surface area contributed by atoms with Crippen LogP contribution in [0.15, 0.2) is 71.6 Å². The second kappa shape index (κ2) is 14.3. The minimum absolute atomic E-state index is 0.00283. The summed E-state index contributed by atoms with van der Waals surface area (Å²) >= 11 is 0. The molecule has 0 aliphatic carbocycles. The number of rotatable bonds is 13. The van der Waals surface area contributed by atoms with Crippen LogP contribution in [-0.2, 0) is 38.1 Å². The smallest absolute Gasteiger partial charge is 0.416 e. The Bertz CT molecular complexity index is 1530. The van der Waals surface area contributed by atoms with Crippen molar-refractivity contribution in [3.05, 3.63) is 89.4 Å². The van der Waals surface area contributed by atoms with E-state index in [0.29, 0.717) is 0 Å². The molecule has 0 spiro atoms. The molecule has 0 aliphatic rings. The van der Waals surface area contributed by atoms with Gasteiger partial charge in [-0.05, 0) is 80.1 Å². The zero-order valence-electron chi connectivity index (χ0n) is 26.2. The van der Waals surface area contributed by atoms with Crippen molar-refractivity contribution in [3.8, 4) is 0 Å². The largest absolute Gasteiger partial charge is 0.480 e. The molecular formula is C33H42FN3O6S. The zero-order valence-corrected chi connectivity index (χ0v) is 27.0. The number of carboxylic acids is 1. The van der Waals surface area contributed by atoms with E-state index in [1.165, 1.54) is 22.5 Å². The molecule has 0 saturated carbocycles. The molecule has 3 rings (SSSR count). The van der Waals surface area contributed by atoms with E-state index in [1.54, 1.807) is 32.9 Å². The van der Waals surface area contributed by atoms with E-state index in [0.717, 1.165) is 47.4 Å². The van der Waals surface area contributed by atoms with Gasteiger partial charge in [-0.25, -0.2) is 22.6 Å². The van der Waals surface area contributed by atoms with Crippen LogP contribution in [0.25, 0.3) is 0 Å². The van der Waals surface area contributed by atoms with Crippen molar-refractivity contribution >= 4 is 27.9 Å². The lowest BCUT2D eigenvalue weighted by Crippen LogP contribution is -2.40. The number of pyridine rings is 1. The summed E-state index contributed by atoms with van der Waals surface area (Å²) in [5.41, 5.74) is 1.24. The fourth-order valence-electron chi connectivity index (χ4n) is 4.59. The monoisotopic (exact) mass is 627 g/mol. The number of benzene rings is 2. The maximum atomic E-state index is 13.8. The van der Waals surface area contributed by atoms with Crippen LogP contribution in [0.3, 0.4) is 0 Å². The van der Waals surface area contributed by atoms with E-state index in [9.17, 15) is 27.5 Å².